The van der Waals surface area contributed by atoms with Crippen molar-refractivity contribution in [3.05, 3.63) is 48.3 Å². The van der Waals surface area contributed by atoms with Gasteiger partial charge >= 0.3 is 0 Å². The van der Waals surface area contributed by atoms with Gasteiger partial charge in [0, 0.05) is 37.4 Å². The Kier molecular flexibility index (Phi) is 5.76. The lowest BCUT2D eigenvalue weighted by Crippen LogP contribution is -2.17. The summed E-state index contributed by atoms with van der Waals surface area (Å²) in [7, 11) is 0. The Balaban J connectivity index is 1.60. The average Bonchev–Trinajstić information content (AvgIpc) is 3.32. The number of pyridine rings is 1. The number of hydrogen-bond acceptors (Lipinski definition) is 5. The summed E-state index contributed by atoms with van der Waals surface area (Å²) in [6.45, 7) is 8.13. The highest BCUT2D eigenvalue weighted by Crippen LogP contribution is 2.22. The van der Waals surface area contributed by atoms with Gasteiger partial charge in [0.25, 0.3) is 5.91 Å². The van der Waals surface area contributed by atoms with E-state index in [1.807, 2.05) is 60.4 Å². The van der Waals surface area contributed by atoms with Gasteiger partial charge in [0.05, 0.1) is 22.8 Å². The molecule has 8 nitrogen and oxygen atoms in total. The standard InChI is InChI=1S/C22H26N6O2/c1-4-30-11-7-10-27-19-9-6-5-8-18(19)25-22(27)26-21(29)17-12-16-14-24-28(15(2)3)20(16)23-13-17/h5-6,8-9,12-15H,4,7,10-11H2,1-3H3,(H,25,26,29). The summed E-state index contributed by atoms with van der Waals surface area (Å²) in [6, 6.07) is 9.87. The fourth-order valence-electron chi connectivity index (χ4n) is 3.48. The van der Waals surface area contributed by atoms with Crippen molar-refractivity contribution in [2.24, 2.45) is 0 Å². The predicted octanol–water partition coefficient (Wildman–Crippen LogP) is 4.04. The van der Waals surface area contributed by atoms with Gasteiger partial charge in [-0.3, -0.25) is 10.1 Å². The van der Waals surface area contributed by atoms with Crippen LogP contribution in [-0.2, 0) is 11.3 Å². The molecule has 1 aromatic carbocycles. The quantitative estimate of drug-likeness (QED) is 0.446. The maximum absolute atomic E-state index is 12.9. The first-order valence-electron chi connectivity index (χ1n) is 10.3. The first-order chi connectivity index (χ1) is 14.6. The van der Waals surface area contributed by atoms with Crippen LogP contribution in [0.3, 0.4) is 0 Å². The molecule has 0 saturated heterocycles. The molecule has 4 rings (SSSR count). The van der Waals surface area contributed by atoms with Gasteiger partial charge in [0.15, 0.2) is 5.65 Å². The second-order valence-electron chi connectivity index (χ2n) is 7.40. The Morgan fingerprint density at radius 2 is 2.07 bits per heavy atom. The lowest BCUT2D eigenvalue weighted by atomic mass is 10.2. The number of nitrogens with one attached hydrogen (secondary N) is 1. The van der Waals surface area contributed by atoms with E-state index in [2.05, 4.69) is 20.4 Å². The third kappa shape index (κ3) is 3.91. The first kappa shape index (κ1) is 20.0. The molecule has 156 valence electrons. The van der Waals surface area contributed by atoms with Gasteiger partial charge in [-0.05, 0) is 45.4 Å². The molecule has 4 aromatic rings. The van der Waals surface area contributed by atoms with Crippen molar-refractivity contribution in [1.82, 2.24) is 24.3 Å². The number of nitrogens with zero attached hydrogens (tertiary/aromatic N) is 5. The van der Waals surface area contributed by atoms with E-state index in [0.717, 1.165) is 28.5 Å². The number of amides is 1. The van der Waals surface area contributed by atoms with E-state index < -0.39 is 0 Å². The Bertz CT molecular complexity index is 1180. The van der Waals surface area contributed by atoms with Crippen LogP contribution in [0.15, 0.2) is 42.7 Å². The van der Waals surface area contributed by atoms with Gasteiger partial charge < -0.3 is 9.30 Å². The van der Waals surface area contributed by atoms with Gasteiger partial charge in [-0.25, -0.2) is 14.6 Å². The molecule has 8 heteroatoms. The molecule has 0 aliphatic carbocycles. The van der Waals surface area contributed by atoms with Gasteiger partial charge in [0.2, 0.25) is 5.95 Å². The predicted molar refractivity (Wildman–Crippen MR) is 117 cm³/mol. The second-order valence-corrected chi connectivity index (χ2v) is 7.40. The number of para-hydroxylation sites is 2. The molecule has 0 aliphatic rings. The minimum atomic E-state index is -0.247. The van der Waals surface area contributed by atoms with Crippen molar-refractivity contribution in [2.45, 2.75) is 39.8 Å². The zero-order chi connectivity index (χ0) is 21.1. The highest BCUT2D eigenvalue weighted by molar-refractivity contribution is 6.05. The molecule has 30 heavy (non-hydrogen) atoms. The number of rotatable bonds is 8. The number of hydrogen-bond donors (Lipinski definition) is 1. The number of aryl methyl sites for hydroxylation is 1. The van der Waals surface area contributed by atoms with Gasteiger partial charge in [-0.2, -0.15) is 5.10 Å². The second kappa shape index (κ2) is 8.62. The Hall–Kier alpha value is -3.26. The molecule has 3 heterocycles. The van der Waals surface area contributed by atoms with Crippen LogP contribution >= 0.6 is 0 Å². The molecule has 1 N–H and O–H groups in total. The summed E-state index contributed by atoms with van der Waals surface area (Å²) >= 11 is 0. The summed E-state index contributed by atoms with van der Waals surface area (Å²) in [5.74, 6) is 0.277. The Morgan fingerprint density at radius 1 is 1.23 bits per heavy atom. The van der Waals surface area contributed by atoms with Gasteiger partial charge in [0.1, 0.15) is 0 Å². The summed E-state index contributed by atoms with van der Waals surface area (Å²) in [4.78, 5) is 22.0. The molecular formula is C22H26N6O2. The molecule has 0 bridgehead atoms. The van der Waals surface area contributed by atoms with E-state index >= 15 is 0 Å². The zero-order valence-corrected chi connectivity index (χ0v) is 17.5. The number of carbonyl (C=O) groups is 1. The van der Waals surface area contributed by atoms with Crippen LogP contribution in [0.4, 0.5) is 5.95 Å². The van der Waals surface area contributed by atoms with E-state index in [9.17, 15) is 4.79 Å². The molecule has 1 amide bonds. The number of anilines is 1. The lowest BCUT2D eigenvalue weighted by Gasteiger charge is -2.10. The fourth-order valence-corrected chi connectivity index (χ4v) is 3.48. The number of fused-ring (bicyclic) bond motifs is 2. The minimum absolute atomic E-state index is 0.200. The topological polar surface area (TPSA) is 86.9 Å². The number of imidazole rings is 1. The van der Waals surface area contributed by atoms with Crippen LogP contribution in [0.1, 0.15) is 43.6 Å². The van der Waals surface area contributed by atoms with Crippen molar-refractivity contribution >= 4 is 33.9 Å². The molecule has 0 aliphatic heterocycles. The van der Waals surface area contributed by atoms with Crippen LogP contribution in [0, 0.1) is 0 Å². The molecule has 0 radical (unpaired) electrons. The Morgan fingerprint density at radius 3 is 2.87 bits per heavy atom. The molecule has 3 aromatic heterocycles. The van der Waals surface area contributed by atoms with E-state index in [0.29, 0.717) is 31.3 Å². The Labute approximate surface area is 174 Å². The van der Waals surface area contributed by atoms with E-state index in [1.54, 1.807) is 12.4 Å². The van der Waals surface area contributed by atoms with Crippen LogP contribution in [0.5, 0.6) is 0 Å². The SMILES string of the molecule is CCOCCCn1c(NC(=O)c2cnc3c(cnn3C(C)C)c2)nc2ccccc21. The van der Waals surface area contributed by atoms with E-state index in [-0.39, 0.29) is 11.9 Å². The number of aromatic nitrogens is 5. The molecule has 0 atom stereocenters. The summed E-state index contributed by atoms with van der Waals surface area (Å²) in [5, 5.41) is 8.16. The van der Waals surface area contributed by atoms with Crippen molar-refractivity contribution in [1.29, 1.82) is 0 Å². The molecule has 0 fully saturated rings. The maximum Gasteiger partial charge on any atom is 0.259 e. The lowest BCUT2D eigenvalue weighted by molar-refractivity contribution is 0.102. The summed E-state index contributed by atoms with van der Waals surface area (Å²) < 4.78 is 9.32. The third-order valence-electron chi connectivity index (χ3n) is 4.94. The highest BCUT2D eigenvalue weighted by atomic mass is 16.5. The normalized spacial score (nSPS) is 11.6. The molecule has 0 saturated carbocycles. The van der Waals surface area contributed by atoms with Crippen LogP contribution < -0.4 is 5.32 Å². The molecule has 0 unspecified atom stereocenters. The van der Waals surface area contributed by atoms with Gasteiger partial charge in [-0.1, -0.05) is 12.1 Å². The summed E-state index contributed by atoms with van der Waals surface area (Å²) in [5.41, 5.74) is 3.07. The van der Waals surface area contributed by atoms with Crippen molar-refractivity contribution in [3.63, 3.8) is 0 Å². The first-order valence-corrected chi connectivity index (χ1v) is 10.3. The molecular weight excluding hydrogens is 380 g/mol. The highest BCUT2D eigenvalue weighted by Gasteiger charge is 2.16. The maximum atomic E-state index is 12.9. The third-order valence-corrected chi connectivity index (χ3v) is 4.94. The minimum Gasteiger partial charge on any atom is -0.382 e. The van der Waals surface area contributed by atoms with Crippen molar-refractivity contribution in [2.75, 3.05) is 18.5 Å². The average molecular weight is 406 g/mol. The molecule has 0 spiro atoms. The van der Waals surface area contributed by atoms with E-state index in [4.69, 9.17) is 4.74 Å². The fraction of sp³-hybridized carbons (Fsp3) is 0.364. The number of benzene rings is 1. The number of ether oxygens (including phenoxy) is 1. The monoisotopic (exact) mass is 406 g/mol. The van der Waals surface area contributed by atoms with E-state index in [1.165, 1.54) is 0 Å². The van der Waals surface area contributed by atoms with Crippen LogP contribution in [0.25, 0.3) is 22.1 Å². The van der Waals surface area contributed by atoms with Crippen molar-refractivity contribution in [3.8, 4) is 0 Å². The smallest absolute Gasteiger partial charge is 0.259 e. The van der Waals surface area contributed by atoms with Crippen LogP contribution in [0.2, 0.25) is 0 Å². The largest absolute Gasteiger partial charge is 0.382 e. The summed E-state index contributed by atoms with van der Waals surface area (Å²) in [6.07, 6.45) is 4.15. The van der Waals surface area contributed by atoms with Gasteiger partial charge in [-0.15, -0.1) is 0 Å². The zero-order valence-electron chi connectivity index (χ0n) is 17.5. The number of carbonyl (C=O) groups excluding carboxylic acids is 1. The van der Waals surface area contributed by atoms with Crippen LogP contribution in [-0.4, -0.2) is 43.4 Å². The van der Waals surface area contributed by atoms with Crippen molar-refractivity contribution < 1.29 is 9.53 Å².